The van der Waals surface area contributed by atoms with Crippen LogP contribution in [0.4, 0.5) is 0 Å². The van der Waals surface area contributed by atoms with E-state index in [2.05, 4.69) is 44.3 Å². The average molecular weight is 339 g/mol. The van der Waals surface area contributed by atoms with Crippen LogP contribution in [0.3, 0.4) is 0 Å². The highest BCUT2D eigenvalue weighted by atomic mass is 35.5. The van der Waals surface area contributed by atoms with Crippen LogP contribution in [0.1, 0.15) is 55.3 Å². The van der Waals surface area contributed by atoms with Gasteiger partial charge in [0.25, 0.3) is 0 Å². The summed E-state index contributed by atoms with van der Waals surface area (Å²) < 4.78 is 0. The molecule has 1 saturated heterocycles. The number of carbonyl (C=O) groups is 1. The SMILES string of the molecule is Cc1ccc(C(C)N(C)C(=O)CCC2CCNCC2)c(C)c1.Cl. The van der Waals surface area contributed by atoms with Gasteiger partial charge in [0, 0.05) is 13.5 Å². The fourth-order valence-electron chi connectivity index (χ4n) is 3.39. The van der Waals surface area contributed by atoms with Gasteiger partial charge in [0.1, 0.15) is 0 Å². The van der Waals surface area contributed by atoms with Crippen LogP contribution in [0.15, 0.2) is 18.2 Å². The number of hydrogen-bond donors (Lipinski definition) is 1. The first-order chi connectivity index (χ1) is 10.5. The molecule has 0 aromatic heterocycles. The van der Waals surface area contributed by atoms with Crippen molar-refractivity contribution < 1.29 is 4.79 Å². The lowest BCUT2D eigenvalue weighted by atomic mass is 9.92. The Morgan fingerprint density at radius 2 is 1.96 bits per heavy atom. The molecule has 0 aliphatic carbocycles. The number of rotatable bonds is 5. The molecule has 4 heteroatoms. The minimum absolute atomic E-state index is 0. The molecule has 0 saturated carbocycles. The molecule has 1 aromatic rings. The molecule has 1 aliphatic heterocycles. The highest BCUT2D eigenvalue weighted by molar-refractivity contribution is 5.85. The highest BCUT2D eigenvalue weighted by Crippen LogP contribution is 2.25. The van der Waals surface area contributed by atoms with Gasteiger partial charge >= 0.3 is 0 Å². The molecule has 0 bridgehead atoms. The first-order valence-electron chi connectivity index (χ1n) is 8.52. The van der Waals surface area contributed by atoms with Crippen LogP contribution in [0.5, 0.6) is 0 Å². The number of nitrogens with one attached hydrogen (secondary N) is 1. The van der Waals surface area contributed by atoms with Gasteiger partial charge in [-0.3, -0.25) is 4.79 Å². The number of nitrogens with zero attached hydrogens (tertiary/aromatic N) is 1. The summed E-state index contributed by atoms with van der Waals surface area (Å²) in [5, 5.41) is 3.38. The Morgan fingerprint density at radius 3 is 2.57 bits per heavy atom. The van der Waals surface area contributed by atoms with Crippen LogP contribution in [0.25, 0.3) is 0 Å². The van der Waals surface area contributed by atoms with E-state index >= 15 is 0 Å². The Morgan fingerprint density at radius 1 is 1.30 bits per heavy atom. The van der Waals surface area contributed by atoms with Crippen molar-refractivity contribution in [1.29, 1.82) is 0 Å². The van der Waals surface area contributed by atoms with Gasteiger partial charge in [0.2, 0.25) is 5.91 Å². The van der Waals surface area contributed by atoms with Gasteiger partial charge in [-0.1, -0.05) is 23.8 Å². The van der Waals surface area contributed by atoms with E-state index < -0.39 is 0 Å². The number of piperidine rings is 1. The minimum Gasteiger partial charge on any atom is -0.339 e. The van der Waals surface area contributed by atoms with Crippen molar-refractivity contribution in [2.45, 2.75) is 52.5 Å². The molecule has 0 spiro atoms. The first kappa shape index (κ1) is 20.0. The van der Waals surface area contributed by atoms with Crippen LogP contribution < -0.4 is 5.32 Å². The second kappa shape index (κ2) is 9.29. The molecule has 2 rings (SSSR count). The van der Waals surface area contributed by atoms with Crippen molar-refractivity contribution >= 4 is 18.3 Å². The summed E-state index contributed by atoms with van der Waals surface area (Å²) in [4.78, 5) is 14.4. The lowest BCUT2D eigenvalue weighted by molar-refractivity contribution is -0.132. The summed E-state index contributed by atoms with van der Waals surface area (Å²) in [6.45, 7) is 8.57. The first-order valence-corrected chi connectivity index (χ1v) is 8.52. The van der Waals surface area contributed by atoms with Crippen LogP contribution >= 0.6 is 12.4 Å². The van der Waals surface area contributed by atoms with Gasteiger partial charge in [-0.05, 0) is 70.2 Å². The van der Waals surface area contributed by atoms with Crippen molar-refractivity contribution in [2.24, 2.45) is 5.92 Å². The number of benzene rings is 1. The molecule has 23 heavy (non-hydrogen) atoms. The van der Waals surface area contributed by atoms with Gasteiger partial charge in [-0.2, -0.15) is 0 Å². The molecular weight excluding hydrogens is 308 g/mol. The van der Waals surface area contributed by atoms with Gasteiger partial charge in [-0.25, -0.2) is 0 Å². The minimum atomic E-state index is 0. The lowest BCUT2D eigenvalue weighted by Crippen LogP contribution is -2.32. The van der Waals surface area contributed by atoms with E-state index in [-0.39, 0.29) is 24.4 Å². The summed E-state index contributed by atoms with van der Waals surface area (Å²) >= 11 is 0. The molecule has 1 fully saturated rings. The van der Waals surface area contributed by atoms with Gasteiger partial charge in [-0.15, -0.1) is 12.4 Å². The van der Waals surface area contributed by atoms with Crippen molar-refractivity contribution in [3.63, 3.8) is 0 Å². The lowest BCUT2D eigenvalue weighted by Gasteiger charge is -2.28. The number of carbonyl (C=O) groups excluding carboxylic acids is 1. The van der Waals surface area contributed by atoms with Crippen LogP contribution in [0.2, 0.25) is 0 Å². The molecule has 1 unspecified atom stereocenters. The molecule has 1 aliphatic rings. The fraction of sp³-hybridized carbons (Fsp3) is 0.632. The zero-order valence-corrected chi connectivity index (χ0v) is 15.7. The number of amides is 1. The summed E-state index contributed by atoms with van der Waals surface area (Å²) in [6.07, 6.45) is 4.13. The third kappa shape index (κ3) is 5.50. The van der Waals surface area contributed by atoms with Crippen molar-refractivity contribution in [1.82, 2.24) is 10.2 Å². The smallest absolute Gasteiger partial charge is 0.222 e. The van der Waals surface area contributed by atoms with Crippen LogP contribution in [0, 0.1) is 19.8 Å². The maximum absolute atomic E-state index is 12.5. The number of halogens is 1. The molecule has 0 radical (unpaired) electrons. The molecular formula is C19H31ClN2O. The van der Waals surface area contributed by atoms with Crippen LogP contribution in [-0.2, 0) is 4.79 Å². The normalized spacial score (nSPS) is 16.5. The van der Waals surface area contributed by atoms with Gasteiger partial charge < -0.3 is 10.2 Å². The molecule has 3 nitrogen and oxygen atoms in total. The maximum Gasteiger partial charge on any atom is 0.222 e. The molecule has 1 aromatic carbocycles. The van der Waals surface area contributed by atoms with E-state index in [4.69, 9.17) is 0 Å². The zero-order valence-electron chi connectivity index (χ0n) is 14.9. The second-order valence-electron chi connectivity index (χ2n) is 6.77. The maximum atomic E-state index is 12.5. The number of aryl methyl sites for hydroxylation is 2. The Bertz CT molecular complexity index is 512. The predicted molar refractivity (Wildman–Crippen MR) is 99.2 cm³/mol. The number of hydrogen-bond acceptors (Lipinski definition) is 2. The predicted octanol–water partition coefficient (Wildman–Crippen LogP) is 4.02. The van der Waals surface area contributed by atoms with Gasteiger partial charge in [0.05, 0.1) is 6.04 Å². The molecule has 1 atom stereocenters. The van der Waals surface area contributed by atoms with E-state index in [9.17, 15) is 4.79 Å². The van der Waals surface area contributed by atoms with Crippen molar-refractivity contribution in [3.8, 4) is 0 Å². The molecule has 1 heterocycles. The Kier molecular flexibility index (Phi) is 8.07. The standard InChI is InChI=1S/C19H30N2O.ClH/c1-14-5-7-18(15(2)13-14)16(3)21(4)19(22)8-6-17-9-11-20-12-10-17;/h5,7,13,16-17,20H,6,8-12H2,1-4H3;1H. The zero-order chi connectivity index (χ0) is 16.1. The van der Waals surface area contributed by atoms with E-state index in [0.29, 0.717) is 6.42 Å². The monoisotopic (exact) mass is 338 g/mol. The van der Waals surface area contributed by atoms with Gasteiger partial charge in [0.15, 0.2) is 0 Å². The Hall–Kier alpha value is -1.06. The Labute approximate surface area is 147 Å². The van der Waals surface area contributed by atoms with E-state index in [0.717, 1.165) is 25.4 Å². The van der Waals surface area contributed by atoms with E-state index in [1.807, 2.05) is 11.9 Å². The highest BCUT2D eigenvalue weighted by Gasteiger charge is 2.20. The molecule has 1 N–H and O–H groups in total. The summed E-state index contributed by atoms with van der Waals surface area (Å²) in [7, 11) is 1.94. The third-order valence-corrected chi connectivity index (χ3v) is 5.07. The third-order valence-electron chi connectivity index (χ3n) is 5.07. The largest absolute Gasteiger partial charge is 0.339 e. The van der Waals surface area contributed by atoms with E-state index in [1.54, 1.807) is 0 Å². The van der Waals surface area contributed by atoms with E-state index in [1.165, 1.54) is 29.5 Å². The van der Waals surface area contributed by atoms with Crippen molar-refractivity contribution in [2.75, 3.05) is 20.1 Å². The Balaban J connectivity index is 0.00000264. The molecule has 1 amide bonds. The summed E-state index contributed by atoms with van der Waals surface area (Å²) in [5.74, 6) is 0.987. The van der Waals surface area contributed by atoms with Crippen LogP contribution in [-0.4, -0.2) is 30.9 Å². The fourth-order valence-corrected chi connectivity index (χ4v) is 3.39. The second-order valence-corrected chi connectivity index (χ2v) is 6.77. The quantitative estimate of drug-likeness (QED) is 0.879. The molecule has 130 valence electrons. The topological polar surface area (TPSA) is 32.3 Å². The average Bonchev–Trinajstić information content (AvgIpc) is 2.52. The summed E-state index contributed by atoms with van der Waals surface area (Å²) in [6, 6.07) is 6.62. The summed E-state index contributed by atoms with van der Waals surface area (Å²) in [5.41, 5.74) is 3.79. The van der Waals surface area contributed by atoms with Crippen molar-refractivity contribution in [3.05, 3.63) is 34.9 Å².